The predicted molar refractivity (Wildman–Crippen MR) is 166 cm³/mol. The van der Waals surface area contributed by atoms with Crippen molar-refractivity contribution in [3.8, 4) is 0 Å². The van der Waals surface area contributed by atoms with Crippen LogP contribution in [0.25, 0.3) is 5.57 Å². The lowest BCUT2D eigenvalue weighted by Gasteiger charge is -2.34. The molecule has 1 aliphatic carbocycles. The molecule has 0 aliphatic heterocycles. The Kier molecular flexibility index (Phi) is 11.3. The number of rotatable bonds is 5. The molecule has 0 saturated heterocycles. The van der Waals surface area contributed by atoms with Crippen molar-refractivity contribution in [1.29, 1.82) is 0 Å². The smallest absolute Gasteiger partial charge is 0.158 e. The van der Waals surface area contributed by atoms with Crippen LogP contribution in [0.1, 0.15) is 51.7 Å². The average Bonchev–Trinajstić information content (AvgIpc) is 2.84. The van der Waals surface area contributed by atoms with Crippen LogP contribution in [0.15, 0.2) is 109 Å². The van der Waals surface area contributed by atoms with Crippen LogP contribution in [0.5, 0.6) is 0 Å². The van der Waals surface area contributed by atoms with Gasteiger partial charge in [-0.2, -0.15) is 0 Å². The molecule has 0 saturated carbocycles. The largest absolute Gasteiger partial charge is 0.295 e. The third-order valence-electron chi connectivity index (χ3n) is 6.41. The molecular weight excluding hydrogens is 523 g/mol. The molecule has 0 amide bonds. The van der Waals surface area contributed by atoms with Crippen LogP contribution in [-0.4, -0.2) is 5.78 Å². The highest BCUT2D eigenvalue weighted by Gasteiger charge is 2.33. The first-order chi connectivity index (χ1) is 16.8. The first-order valence-electron chi connectivity index (χ1n) is 12.3. The number of carbonyl (C=O) groups excluding carboxylic acids is 1. The fraction of sp³-hybridized carbons (Fsp3) is 0.242. The highest BCUT2D eigenvalue weighted by Crippen LogP contribution is 2.45. The number of carbonyl (C=O) groups is 1. The van der Waals surface area contributed by atoms with Crippen LogP contribution in [0.4, 0.5) is 0 Å². The van der Waals surface area contributed by atoms with E-state index >= 15 is 0 Å². The summed E-state index contributed by atoms with van der Waals surface area (Å²) in [6, 6.07) is 28.5. The minimum absolute atomic E-state index is 0. The van der Waals surface area contributed by atoms with E-state index in [9.17, 15) is 4.79 Å². The van der Waals surface area contributed by atoms with E-state index in [1.165, 1.54) is 32.6 Å². The minimum Gasteiger partial charge on any atom is -0.295 e. The normalized spacial score (nSPS) is 14.8. The van der Waals surface area contributed by atoms with E-state index in [2.05, 4.69) is 106 Å². The summed E-state index contributed by atoms with van der Waals surface area (Å²) in [5, 5.41) is 4.03. The van der Waals surface area contributed by atoms with Crippen LogP contribution in [0, 0.1) is 12.3 Å². The maximum atomic E-state index is 12.6. The Morgan fingerprint density at radius 2 is 1.42 bits per heavy atom. The minimum atomic E-state index is -0.663. The number of hydrogen-bond acceptors (Lipinski definition) is 1. The number of Topliss-reactive ketones (excluding diaryl/α,β-unsaturated/α-hetero) is 1. The van der Waals surface area contributed by atoms with Gasteiger partial charge in [-0.3, -0.25) is 4.79 Å². The van der Waals surface area contributed by atoms with E-state index in [0.717, 1.165) is 12.0 Å². The number of benzene rings is 3. The maximum Gasteiger partial charge on any atom is 0.158 e. The molecule has 1 nitrogen and oxygen atoms in total. The maximum absolute atomic E-state index is 12.6. The van der Waals surface area contributed by atoms with Gasteiger partial charge in [0.05, 0.1) is 0 Å². The van der Waals surface area contributed by atoms with Crippen LogP contribution in [0.3, 0.4) is 0 Å². The second-order valence-electron chi connectivity index (χ2n) is 9.63. The van der Waals surface area contributed by atoms with Crippen molar-refractivity contribution in [2.45, 2.75) is 47.5 Å². The van der Waals surface area contributed by atoms with E-state index in [-0.39, 0.29) is 22.4 Å². The third-order valence-corrected chi connectivity index (χ3v) is 8.82. The molecule has 0 fully saturated rings. The lowest BCUT2D eigenvalue weighted by Crippen LogP contribution is -2.26. The molecule has 0 atom stereocenters. The summed E-state index contributed by atoms with van der Waals surface area (Å²) in [5.41, 5.74) is 4.62. The lowest BCUT2D eigenvalue weighted by atomic mass is 9.70. The van der Waals surface area contributed by atoms with Gasteiger partial charge in [-0.1, -0.05) is 111 Å². The first-order valence-corrected chi connectivity index (χ1v) is 13.6. The van der Waals surface area contributed by atoms with E-state index in [0.29, 0.717) is 12.2 Å². The van der Waals surface area contributed by atoms with E-state index in [1.807, 2.05) is 26.0 Å². The molecule has 0 unspecified atom stereocenters. The molecule has 1 aliphatic rings. The van der Waals surface area contributed by atoms with Gasteiger partial charge in [-0.25, -0.2) is 0 Å². The molecule has 3 heteroatoms. The Morgan fingerprint density at radius 3 is 1.89 bits per heavy atom. The topological polar surface area (TPSA) is 17.1 Å². The highest BCUT2D eigenvalue weighted by molar-refractivity contribution is 8.93. The Morgan fingerprint density at radius 1 is 0.861 bits per heavy atom. The molecule has 0 bridgehead atoms. The Labute approximate surface area is 229 Å². The fourth-order valence-electron chi connectivity index (χ4n) is 4.77. The molecule has 3 aromatic carbocycles. The molecule has 36 heavy (non-hydrogen) atoms. The van der Waals surface area contributed by atoms with Gasteiger partial charge in [0.1, 0.15) is 0 Å². The van der Waals surface area contributed by atoms with Gasteiger partial charge in [0.2, 0.25) is 0 Å². The molecular formula is C33H38BrOP. The highest BCUT2D eigenvalue weighted by atomic mass is 79.9. The third kappa shape index (κ3) is 7.25. The zero-order valence-electron chi connectivity index (χ0n) is 22.1. The van der Waals surface area contributed by atoms with Gasteiger partial charge in [-0.05, 0) is 84.8 Å². The lowest BCUT2D eigenvalue weighted by molar-refractivity contribution is -0.116. The van der Waals surface area contributed by atoms with Gasteiger partial charge in [0.25, 0.3) is 0 Å². The Balaban J connectivity index is 0.000000694. The summed E-state index contributed by atoms with van der Waals surface area (Å²) >= 11 is 0. The van der Waals surface area contributed by atoms with Crippen molar-refractivity contribution in [3.05, 3.63) is 120 Å². The van der Waals surface area contributed by atoms with E-state index in [1.54, 1.807) is 6.08 Å². The number of hydrogen-bond donors (Lipinski definition) is 0. The van der Waals surface area contributed by atoms with Crippen molar-refractivity contribution < 1.29 is 4.79 Å². The van der Waals surface area contributed by atoms with Crippen LogP contribution >= 0.6 is 24.9 Å². The van der Waals surface area contributed by atoms with Gasteiger partial charge >= 0.3 is 0 Å². The van der Waals surface area contributed by atoms with Crippen LogP contribution in [-0.2, 0) is 4.79 Å². The van der Waals surface area contributed by atoms with E-state index < -0.39 is 7.92 Å². The molecule has 4 rings (SSSR count). The zero-order valence-corrected chi connectivity index (χ0v) is 24.7. The standard InChI is InChI=1S/C28H29OP.C5H8.BrH/c1-20-17-22(27-21(2)26(29)15-16-28(27,3)4)19-25(18-20)30(23-11-7-5-8-12-23)24-13-9-6-10-14-24;1-3-5-4-2;/h5-14,17-19H,15-16H2,1-4H3;3-5H,1H2,2H3;1H. The number of aryl methyl sites for hydroxylation is 1. The van der Waals surface area contributed by atoms with Gasteiger partial charge in [0, 0.05) is 6.42 Å². The second kappa shape index (κ2) is 13.7. The van der Waals surface area contributed by atoms with Gasteiger partial charge in [0.15, 0.2) is 5.78 Å². The van der Waals surface area contributed by atoms with Gasteiger partial charge in [-0.15, -0.1) is 17.0 Å². The Bertz CT molecular complexity index is 1180. The summed E-state index contributed by atoms with van der Waals surface area (Å²) in [5.74, 6) is 0.292. The molecule has 188 valence electrons. The molecule has 0 spiro atoms. The number of ketones is 1. The second-order valence-corrected chi connectivity index (χ2v) is 11.9. The SMILES string of the molecule is Br.C=CC=CC.CC1=C(c2cc(C)cc(P(c3ccccc3)c3ccccc3)c2)C(C)(C)CCC1=O. The van der Waals surface area contributed by atoms with Crippen molar-refractivity contribution in [2.75, 3.05) is 0 Å². The first kappa shape index (κ1) is 29.7. The van der Waals surface area contributed by atoms with Crippen molar-refractivity contribution in [2.24, 2.45) is 5.41 Å². The number of allylic oxidation sites excluding steroid dienone is 5. The van der Waals surface area contributed by atoms with Crippen molar-refractivity contribution in [1.82, 2.24) is 0 Å². The summed E-state index contributed by atoms with van der Waals surface area (Å²) < 4.78 is 0. The number of halogens is 1. The van der Waals surface area contributed by atoms with Crippen molar-refractivity contribution >= 4 is 52.2 Å². The molecule has 0 heterocycles. The molecule has 0 aromatic heterocycles. The summed E-state index contributed by atoms with van der Waals surface area (Å²) in [7, 11) is -0.663. The molecule has 0 N–H and O–H groups in total. The monoisotopic (exact) mass is 560 g/mol. The van der Waals surface area contributed by atoms with Crippen LogP contribution in [0.2, 0.25) is 0 Å². The molecule has 0 radical (unpaired) electrons. The van der Waals surface area contributed by atoms with Gasteiger partial charge < -0.3 is 0 Å². The van der Waals surface area contributed by atoms with E-state index in [4.69, 9.17) is 0 Å². The van der Waals surface area contributed by atoms with Crippen molar-refractivity contribution in [3.63, 3.8) is 0 Å². The summed E-state index contributed by atoms with van der Waals surface area (Å²) in [4.78, 5) is 12.6. The van der Waals surface area contributed by atoms with Crippen LogP contribution < -0.4 is 15.9 Å². The Hall–Kier alpha value is -2.54. The fourth-order valence-corrected chi connectivity index (χ4v) is 7.20. The predicted octanol–water partition coefficient (Wildman–Crippen LogP) is 8.24. The summed E-state index contributed by atoms with van der Waals surface area (Å²) in [6.07, 6.45) is 7.14. The quantitative estimate of drug-likeness (QED) is 0.227. The molecule has 3 aromatic rings. The average molecular weight is 562 g/mol. The summed E-state index contributed by atoms with van der Waals surface area (Å²) in [6.45, 7) is 14.2. The zero-order chi connectivity index (χ0) is 25.4.